The van der Waals surface area contributed by atoms with E-state index in [4.69, 9.17) is 4.74 Å². The summed E-state index contributed by atoms with van der Waals surface area (Å²) in [5.41, 5.74) is -0.272. The molecule has 20 heavy (non-hydrogen) atoms. The second-order valence-corrected chi connectivity index (χ2v) is 6.71. The number of likely N-dealkylation sites (N-methyl/N-ethyl adjacent to an activating group) is 2. The van der Waals surface area contributed by atoms with Crippen LogP contribution in [0.5, 0.6) is 0 Å². The maximum atomic E-state index is 12.0. The Bertz CT molecular complexity index is 396. The molecule has 2 aliphatic heterocycles. The van der Waals surface area contributed by atoms with Crippen LogP contribution < -0.4 is 0 Å². The summed E-state index contributed by atoms with van der Waals surface area (Å²) in [6.07, 6.45) is 1.93. The van der Waals surface area contributed by atoms with Gasteiger partial charge in [0.2, 0.25) is 11.8 Å². The number of thioether (sulfide) groups is 1. The molecule has 0 unspecified atom stereocenters. The van der Waals surface area contributed by atoms with E-state index >= 15 is 0 Å². The van der Waals surface area contributed by atoms with E-state index in [2.05, 4.69) is 0 Å². The zero-order valence-electron chi connectivity index (χ0n) is 12.6. The first kappa shape index (κ1) is 15.6. The molecule has 7 heteroatoms. The van der Waals surface area contributed by atoms with Crippen LogP contribution in [0, 0.1) is 0 Å². The van der Waals surface area contributed by atoms with Gasteiger partial charge in [0.15, 0.2) is 0 Å². The van der Waals surface area contributed by atoms with Gasteiger partial charge in [0.05, 0.1) is 25.4 Å². The molecule has 6 nitrogen and oxygen atoms in total. The third-order valence-corrected chi connectivity index (χ3v) is 4.46. The van der Waals surface area contributed by atoms with Crippen molar-refractivity contribution in [3.05, 3.63) is 0 Å². The van der Waals surface area contributed by atoms with Crippen LogP contribution in [-0.4, -0.2) is 97.5 Å². The normalized spacial score (nSPS) is 25.4. The van der Waals surface area contributed by atoms with Crippen LogP contribution in [0.4, 0.5) is 0 Å². The lowest BCUT2D eigenvalue weighted by atomic mass is 9.90. The van der Waals surface area contributed by atoms with Crippen molar-refractivity contribution in [2.24, 2.45) is 0 Å². The fraction of sp³-hybridized carbons (Fsp3) is 0.846. The number of likely N-dealkylation sites (tertiary alicyclic amines) is 1. The van der Waals surface area contributed by atoms with E-state index in [9.17, 15) is 9.59 Å². The summed E-state index contributed by atoms with van der Waals surface area (Å²) in [7, 11) is 5.46. The molecule has 0 aromatic heterocycles. The predicted octanol–water partition coefficient (Wildman–Crippen LogP) is -0.651. The summed E-state index contributed by atoms with van der Waals surface area (Å²) >= 11 is 1.54. The maximum absolute atomic E-state index is 12.0. The highest BCUT2D eigenvalue weighted by Crippen LogP contribution is 2.31. The van der Waals surface area contributed by atoms with E-state index in [1.54, 1.807) is 19.0 Å². The summed E-state index contributed by atoms with van der Waals surface area (Å²) in [6, 6.07) is -0.216. The molecule has 0 saturated carbocycles. The van der Waals surface area contributed by atoms with Gasteiger partial charge < -0.3 is 14.5 Å². The lowest BCUT2D eigenvalue weighted by Crippen LogP contribution is -2.73. The Hall–Kier alpha value is -0.790. The number of amides is 2. The van der Waals surface area contributed by atoms with Gasteiger partial charge in [-0.1, -0.05) is 0 Å². The average Bonchev–Trinajstić information content (AvgIpc) is 2.35. The van der Waals surface area contributed by atoms with Crippen LogP contribution in [-0.2, 0) is 14.3 Å². The molecule has 0 aromatic rings. The van der Waals surface area contributed by atoms with Crippen LogP contribution in [0.1, 0.15) is 0 Å². The highest BCUT2D eigenvalue weighted by molar-refractivity contribution is 7.99. The zero-order chi connectivity index (χ0) is 14.9. The largest absolute Gasteiger partial charge is 0.368 e. The molecule has 0 radical (unpaired) electrons. The second kappa shape index (κ2) is 5.91. The summed E-state index contributed by atoms with van der Waals surface area (Å²) in [5, 5.41) is 0. The molecule has 2 saturated heterocycles. The van der Waals surface area contributed by atoms with Gasteiger partial charge in [-0.3, -0.25) is 14.5 Å². The number of hydrogen-bond acceptors (Lipinski definition) is 5. The van der Waals surface area contributed by atoms with E-state index in [-0.39, 0.29) is 23.5 Å². The lowest BCUT2D eigenvalue weighted by Gasteiger charge is -2.54. The molecule has 0 N–H and O–H groups in total. The molecule has 0 bridgehead atoms. The highest BCUT2D eigenvalue weighted by Gasteiger charge is 2.51. The molecule has 0 aromatic carbocycles. The van der Waals surface area contributed by atoms with E-state index in [1.807, 2.05) is 23.1 Å². The first-order valence-corrected chi connectivity index (χ1v) is 8.10. The quantitative estimate of drug-likeness (QED) is 0.693. The summed E-state index contributed by atoms with van der Waals surface area (Å²) in [4.78, 5) is 29.3. The summed E-state index contributed by atoms with van der Waals surface area (Å²) in [5.74, 6) is 0.756. The molecule has 2 fully saturated rings. The monoisotopic (exact) mass is 301 g/mol. The van der Waals surface area contributed by atoms with Crippen molar-refractivity contribution in [2.45, 2.75) is 11.6 Å². The number of hydrogen-bond donors (Lipinski definition) is 0. The molecule has 2 amide bonds. The van der Waals surface area contributed by atoms with Crippen molar-refractivity contribution < 1.29 is 14.3 Å². The van der Waals surface area contributed by atoms with E-state index in [0.29, 0.717) is 32.0 Å². The number of carbonyl (C=O) groups is 2. The summed E-state index contributed by atoms with van der Waals surface area (Å²) < 4.78 is 5.92. The third-order valence-electron chi connectivity index (χ3n) is 3.92. The molecular weight excluding hydrogens is 278 g/mol. The van der Waals surface area contributed by atoms with Crippen LogP contribution in [0.3, 0.4) is 0 Å². The van der Waals surface area contributed by atoms with Gasteiger partial charge >= 0.3 is 0 Å². The Labute approximate surface area is 124 Å². The minimum Gasteiger partial charge on any atom is -0.368 e. The van der Waals surface area contributed by atoms with Gasteiger partial charge in [-0.2, -0.15) is 11.8 Å². The van der Waals surface area contributed by atoms with E-state index < -0.39 is 0 Å². The molecule has 2 aliphatic rings. The van der Waals surface area contributed by atoms with Crippen molar-refractivity contribution in [3.63, 3.8) is 0 Å². The predicted molar refractivity (Wildman–Crippen MR) is 78.8 cm³/mol. The highest BCUT2D eigenvalue weighted by atomic mass is 32.2. The van der Waals surface area contributed by atoms with Crippen LogP contribution in [0.2, 0.25) is 0 Å². The van der Waals surface area contributed by atoms with Crippen molar-refractivity contribution >= 4 is 23.6 Å². The average molecular weight is 301 g/mol. The van der Waals surface area contributed by atoms with Crippen LogP contribution >= 0.6 is 11.8 Å². The number of morpholine rings is 1. The molecule has 0 aliphatic carbocycles. The first-order valence-electron chi connectivity index (χ1n) is 6.70. The fourth-order valence-electron chi connectivity index (χ4n) is 2.78. The van der Waals surface area contributed by atoms with E-state index in [0.717, 1.165) is 0 Å². The third kappa shape index (κ3) is 2.94. The van der Waals surface area contributed by atoms with Gasteiger partial charge in [-0.15, -0.1) is 0 Å². The lowest BCUT2D eigenvalue weighted by molar-refractivity contribution is -0.201. The Balaban J connectivity index is 1.88. The molecule has 1 spiro atoms. The molecule has 114 valence electrons. The Morgan fingerprint density at radius 2 is 2.00 bits per heavy atom. The molecular formula is C13H23N3O3S. The number of carbonyl (C=O) groups excluding carboxylic acids is 2. The number of rotatable bonds is 3. The SMILES string of the molecule is CSCC(=O)N1CC2(C1)CN(C)[C@@H](C(=O)N(C)C)CO2. The van der Waals surface area contributed by atoms with Gasteiger partial charge in [-0.05, 0) is 13.3 Å². The number of nitrogens with zero attached hydrogens (tertiary/aromatic N) is 3. The molecule has 2 rings (SSSR count). The first-order chi connectivity index (χ1) is 9.38. The Kier molecular flexibility index (Phi) is 4.61. The molecule has 2 heterocycles. The van der Waals surface area contributed by atoms with Crippen molar-refractivity contribution in [1.29, 1.82) is 0 Å². The van der Waals surface area contributed by atoms with Gasteiger partial charge in [0, 0.05) is 20.6 Å². The van der Waals surface area contributed by atoms with Crippen LogP contribution in [0.25, 0.3) is 0 Å². The molecule has 1 atom stereocenters. The summed E-state index contributed by atoms with van der Waals surface area (Å²) in [6.45, 7) is 2.37. The zero-order valence-corrected chi connectivity index (χ0v) is 13.4. The minimum absolute atomic E-state index is 0.0667. The minimum atomic E-state index is -0.272. The van der Waals surface area contributed by atoms with Gasteiger partial charge in [0.1, 0.15) is 11.6 Å². The fourth-order valence-corrected chi connectivity index (χ4v) is 3.21. The number of ether oxygens (including phenoxy) is 1. The Morgan fingerprint density at radius 1 is 1.35 bits per heavy atom. The van der Waals surface area contributed by atoms with E-state index in [1.165, 1.54) is 11.8 Å². The van der Waals surface area contributed by atoms with Crippen molar-refractivity contribution in [3.8, 4) is 0 Å². The standard InChI is InChI=1S/C13H23N3O3S/c1-14(2)12(18)10-5-19-13(7-15(10)3)8-16(9-13)11(17)6-20-4/h10H,5-9H2,1-4H3/t10-/m1/s1. The maximum Gasteiger partial charge on any atom is 0.241 e. The van der Waals surface area contributed by atoms with Gasteiger partial charge in [-0.25, -0.2) is 0 Å². The van der Waals surface area contributed by atoms with Crippen molar-refractivity contribution in [2.75, 3.05) is 59.4 Å². The smallest absolute Gasteiger partial charge is 0.241 e. The Morgan fingerprint density at radius 3 is 2.50 bits per heavy atom. The second-order valence-electron chi connectivity index (χ2n) is 5.84. The van der Waals surface area contributed by atoms with Crippen LogP contribution in [0.15, 0.2) is 0 Å². The van der Waals surface area contributed by atoms with Crippen molar-refractivity contribution in [1.82, 2.24) is 14.7 Å². The topological polar surface area (TPSA) is 53.1 Å². The van der Waals surface area contributed by atoms with Gasteiger partial charge in [0.25, 0.3) is 0 Å².